The van der Waals surface area contributed by atoms with Crippen molar-refractivity contribution in [2.45, 2.75) is 70.8 Å². The minimum Gasteiger partial charge on any atom is -0.504 e. The van der Waals surface area contributed by atoms with E-state index in [4.69, 9.17) is 9.47 Å². The van der Waals surface area contributed by atoms with Gasteiger partial charge in [0.05, 0.1) is 26.1 Å². The summed E-state index contributed by atoms with van der Waals surface area (Å²) < 4.78 is 39.6. The summed E-state index contributed by atoms with van der Waals surface area (Å²) in [4.78, 5) is 0. The second-order valence-electron chi connectivity index (χ2n) is 7.15. The third-order valence-corrected chi connectivity index (χ3v) is 5.57. The van der Waals surface area contributed by atoms with Crippen molar-refractivity contribution < 1.29 is 18.3 Å². The van der Waals surface area contributed by atoms with Crippen LogP contribution in [0.4, 0.5) is 8.78 Å². The molecule has 0 heterocycles. The molecule has 0 spiro atoms. The number of rotatable bonds is 5. The van der Waals surface area contributed by atoms with Gasteiger partial charge in [-0.3, -0.25) is 0 Å². The van der Waals surface area contributed by atoms with Crippen molar-refractivity contribution in [2.24, 2.45) is 11.3 Å². The van der Waals surface area contributed by atoms with Crippen LogP contribution in [0.15, 0.2) is 24.0 Å². The monoisotopic (exact) mass is 328 g/mol. The van der Waals surface area contributed by atoms with Gasteiger partial charge in [-0.1, -0.05) is 26.0 Å². The van der Waals surface area contributed by atoms with Crippen molar-refractivity contribution in [2.75, 3.05) is 13.7 Å². The molecule has 0 N–H and O–H groups in total. The molecule has 0 bridgehead atoms. The quantitative estimate of drug-likeness (QED) is 0.513. The van der Waals surface area contributed by atoms with Gasteiger partial charge >= 0.3 is 0 Å². The fraction of sp³-hybridized carbons (Fsp3) is 0.789. The van der Waals surface area contributed by atoms with E-state index in [-0.39, 0.29) is 12.5 Å². The van der Waals surface area contributed by atoms with Crippen molar-refractivity contribution in [3.05, 3.63) is 24.0 Å². The largest absolute Gasteiger partial charge is 0.504 e. The van der Waals surface area contributed by atoms with Crippen LogP contribution in [0.25, 0.3) is 0 Å². The number of allylic oxidation sites excluding steroid dienone is 2. The molecule has 1 saturated carbocycles. The van der Waals surface area contributed by atoms with Gasteiger partial charge in [-0.2, -0.15) is 0 Å². The predicted molar refractivity (Wildman–Crippen MR) is 88.7 cm³/mol. The Kier molecular flexibility index (Phi) is 6.63. The van der Waals surface area contributed by atoms with Crippen LogP contribution in [0.2, 0.25) is 0 Å². The zero-order valence-electron chi connectivity index (χ0n) is 14.6. The molecule has 2 rings (SSSR count). The average molecular weight is 328 g/mol. The van der Waals surface area contributed by atoms with Gasteiger partial charge in [0.25, 0.3) is 0 Å². The first-order valence-corrected chi connectivity index (χ1v) is 8.78. The Labute approximate surface area is 138 Å². The van der Waals surface area contributed by atoms with Crippen LogP contribution < -0.4 is 0 Å². The molecule has 0 aromatic heterocycles. The molecule has 2 aliphatic rings. The number of hydrogen-bond donors (Lipinski definition) is 0. The molecule has 2 nitrogen and oxygen atoms in total. The second kappa shape index (κ2) is 8.27. The lowest BCUT2D eigenvalue weighted by Crippen LogP contribution is -2.44. The number of hydrogen-bond acceptors (Lipinski definition) is 2. The maximum atomic E-state index is 14.5. The van der Waals surface area contributed by atoms with Crippen molar-refractivity contribution >= 4 is 0 Å². The summed E-state index contributed by atoms with van der Waals surface area (Å²) in [5, 5.41) is 0. The highest BCUT2D eigenvalue weighted by Crippen LogP contribution is 2.41. The molecule has 4 unspecified atom stereocenters. The number of methoxy groups -OCH3 is 1. The molecule has 0 radical (unpaired) electrons. The van der Waals surface area contributed by atoms with Crippen LogP contribution in [-0.2, 0) is 9.47 Å². The number of ether oxygens (including phenoxy) is 2. The van der Waals surface area contributed by atoms with Crippen LogP contribution >= 0.6 is 0 Å². The Morgan fingerprint density at radius 3 is 2.61 bits per heavy atom. The van der Waals surface area contributed by atoms with E-state index in [2.05, 4.69) is 0 Å². The molecule has 132 valence electrons. The van der Waals surface area contributed by atoms with E-state index in [1.165, 1.54) is 5.57 Å². The smallest absolute Gasteiger partial charge is 0.140 e. The van der Waals surface area contributed by atoms with Gasteiger partial charge in [-0.05, 0) is 50.0 Å². The summed E-state index contributed by atoms with van der Waals surface area (Å²) in [7, 11) is 1.68. The lowest BCUT2D eigenvalue weighted by atomic mass is 9.76. The van der Waals surface area contributed by atoms with Crippen molar-refractivity contribution in [3.63, 3.8) is 0 Å². The van der Waals surface area contributed by atoms with E-state index >= 15 is 0 Å². The summed E-state index contributed by atoms with van der Waals surface area (Å²) in [6.07, 6.45) is 7.11. The Morgan fingerprint density at radius 1 is 1.30 bits per heavy atom. The molecular formula is C19H30F2O2. The zero-order chi connectivity index (χ0) is 16.9. The molecule has 0 amide bonds. The minimum absolute atomic E-state index is 0.144. The SMILES string of the molecule is CCC1(C)C(OCC2CCC(=COC)CC2)C=CCC(F)C1F. The van der Waals surface area contributed by atoms with E-state index in [0.29, 0.717) is 18.9 Å². The minimum atomic E-state index is -1.48. The van der Waals surface area contributed by atoms with Gasteiger partial charge in [-0.15, -0.1) is 0 Å². The van der Waals surface area contributed by atoms with Gasteiger partial charge in [0, 0.05) is 5.41 Å². The average Bonchev–Trinajstić information content (AvgIpc) is 2.67. The molecule has 0 aromatic carbocycles. The lowest BCUT2D eigenvalue weighted by Gasteiger charge is -2.38. The van der Waals surface area contributed by atoms with Crippen molar-refractivity contribution in [1.82, 2.24) is 0 Å². The number of halogens is 2. The third kappa shape index (κ3) is 4.34. The van der Waals surface area contributed by atoms with E-state index in [1.807, 2.05) is 26.2 Å². The Hall–Kier alpha value is -0.900. The first-order valence-electron chi connectivity index (χ1n) is 8.78. The third-order valence-electron chi connectivity index (χ3n) is 5.57. The Bertz CT molecular complexity index is 425. The summed E-state index contributed by atoms with van der Waals surface area (Å²) in [6, 6.07) is 0. The zero-order valence-corrected chi connectivity index (χ0v) is 14.6. The van der Waals surface area contributed by atoms with Crippen molar-refractivity contribution in [1.29, 1.82) is 0 Å². The second-order valence-corrected chi connectivity index (χ2v) is 7.15. The Morgan fingerprint density at radius 2 is 2.00 bits per heavy atom. The fourth-order valence-corrected chi connectivity index (χ4v) is 3.62. The van der Waals surface area contributed by atoms with Crippen LogP contribution in [0.1, 0.15) is 52.4 Å². The van der Waals surface area contributed by atoms with Gasteiger partial charge in [0.15, 0.2) is 0 Å². The molecule has 1 fully saturated rings. The molecule has 4 atom stereocenters. The van der Waals surface area contributed by atoms with Gasteiger partial charge < -0.3 is 9.47 Å². The summed E-state index contributed by atoms with van der Waals surface area (Å²) in [5.74, 6) is 0.487. The van der Waals surface area contributed by atoms with Crippen LogP contribution in [0, 0.1) is 11.3 Å². The first kappa shape index (κ1) is 18.4. The van der Waals surface area contributed by atoms with Crippen LogP contribution in [0.5, 0.6) is 0 Å². The lowest BCUT2D eigenvalue weighted by molar-refractivity contribution is -0.0737. The van der Waals surface area contributed by atoms with E-state index in [1.54, 1.807) is 13.2 Å². The maximum absolute atomic E-state index is 14.5. The molecule has 0 saturated heterocycles. The molecule has 23 heavy (non-hydrogen) atoms. The van der Waals surface area contributed by atoms with Gasteiger partial charge in [0.2, 0.25) is 0 Å². The summed E-state index contributed by atoms with van der Waals surface area (Å²) in [5.41, 5.74) is 0.558. The highest BCUT2D eigenvalue weighted by molar-refractivity contribution is 5.08. The van der Waals surface area contributed by atoms with Gasteiger partial charge in [-0.25, -0.2) is 8.78 Å². The van der Waals surface area contributed by atoms with E-state index < -0.39 is 17.8 Å². The van der Waals surface area contributed by atoms with Crippen LogP contribution in [0.3, 0.4) is 0 Å². The topological polar surface area (TPSA) is 18.5 Å². The van der Waals surface area contributed by atoms with Crippen LogP contribution in [-0.4, -0.2) is 32.2 Å². The molecule has 4 heteroatoms. The van der Waals surface area contributed by atoms with Gasteiger partial charge in [0.1, 0.15) is 12.3 Å². The highest BCUT2D eigenvalue weighted by Gasteiger charge is 2.45. The van der Waals surface area contributed by atoms with E-state index in [0.717, 1.165) is 25.7 Å². The molecule has 0 aliphatic heterocycles. The predicted octanol–water partition coefficient (Wildman–Crippen LogP) is 5.14. The standard InChI is InChI=1S/C19H30F2O2/c1-4-19(2)17(7-5-6-16(20)18(19)21)23-13-15-10-8-14(9-11-15)12-22-3/h5,7,12,15-18H,4,6,8-11,13H2,1-3H3. The fourth-order valence-electron chi connectivity index (χ4n) is 3.62. The van der Waals surface area contributed by atoms with E-state index in [9.17, 15) is 8.78 Å². The molecular weight excluding hydrogens is 298 g/mol. The first-order chi connectivity index (χ1) is 11.0. The number of alkyl halides is 2. The molecule has 0 aromatic rings. The summed E-state index contributed by atoms with van der Waals surface area (Å²) >= 11 is 0. The normalized spacial score (nSPS) is 38.2. The summed E-state index contributed by atoms with van der Waals surface area (Å²) in [6.45, 7) is 4.34. The maximum Gasteiger partial charge on any atom is 0.140 e. The highest BCUT2D eigenvalue weighted by atomic mass is 19.2. The Balaban J connectivity index is 1.92. The van der Waals surface area contributed by atoms with Crippen molar-refractivity contribution in [3.8, 4) is 0 Å². The molecule has 2 aliphatic carbocycles.